The first-order chi connectivity index (χ1) is 12.8. The number of hydrogen-bond donors (Lipinski definition) is 0. The monoisotopic (exact) mass is 410 g/mol. The van der Waals surface area contributed by atoms with Crippen molar-refractivity contribution < 1.29 is 17.9 Å². The lowest BCUT2D eigenvalue weighted by molar-refractivity contribution is -0.141. The minimum atomic E-state index is -4.60. The van der Waals surface area contributed by atoms with Gasteiger partial charge in [-0.3, -0.25) is 0 Å². The third kappa shape index (κ3) is 5.37. The van der Waals surface area contributed by atoms with Gasteiger partial charge in [-0.2, -0.15) is 18.2 Å². The number of halogens is 4. The van der Waals surface area contributed by atoms with Crippen molar-refractivity contribution in [1.82, 2.24) is 9.97 Å². The van der Waals surface area contributed by atoms with E-state index in [1.165, 1.54) is 0 Å². The van der Waals surface area contributed by atoms with Gasteiger partial charge in [0.1, 0.15) is 5.75 Å². The first kappa shape index (κ1) is 19.5. The molecule has 0 amide bonds. The zero-order valence-electron chi connectivity index (χ0n) is 14.1. The Balaban J connectivity index is 1.86. The molecule has 3 nitrogen and oxygen atoms in total. The first-order valence-corrected chi connectivity index (χ1v) is 9.24. The number of aromatic nitrogens is 2. The molecule has 0 aliphatic carbocycles. The van der Waals surface area contributed by atoms with E-state index >= 15 is 0 Å². The molecule has 1 aromatic heterocycles. The van der Waals surface area contributed by atoms with Gasteiger partial charge >= 0.3 is 6.18 Å². The van der Waals surface area contributed by atoms with E-state index < -0.39 is 11.9 Å². The first-order valence-electron chi connectivity index (χ1n) is 7.88. The molecule has 0 N–H and O–H groups in total. The van der Waals surface area contributed by atoms with Crippen LogP contribution < -0.4 is 4.74 Å². The van der Waals surface area contributed by atoms with Crippen LogP contribution in [0.1, 0.15) is 16.8 Å². The SMILES string of the molecule is Cc1ccc(Oc2cc(C(F)(F)F)nc(SCc3ccccc3Cl)n2)cc1. The minimum absolute atomic E-state index is 0.0353. The van der Waals surface area contributed by atoms with Gasteiger partial charge in [-0.25, -0.2) is 4.98 Å². The molecule has 0 saturated heterocycles. The summed E-state index contributed by atoms with van der Waals surface area (Å²) in [7, 11) is 0. The Kier molecular flexibility index (Phi) is 5.92. The average molecular weight is 411 g/mol. The molecular formula is C19H14ClF3N2OS. The molecule has 1 heterocycles. The Bertz CT molecular complexity index is 933. The topological polar surface area (TPSA) is 35.0 Å². The van der Waals surface area contributed by atoms with Crippen molar-refractivity contribution in [3.63, 3.8) is 0 Å². The highest BCUT2D eigenvalue weighted by Gasteiger charge is 2.34. The molecule has 140 valence electrons. The second-order valence-electron chi connectivity index (χ2n) is 5.67. The Morgan fingerprint density at radius 1 is 1.04 bits per heavy atom. The Morgan fingerprint density at radius 3 is 2.41 bits per heavy atom. The van der Waals surface area contributed by atoms with E-state index in [1.54, 1.807) is 48.5 Å². The number of alkyl halides is 3. The van der Waals surface area contributed by atoms with Crippen LogP contribution in [0, 0.1) is 6.92 Å². The van der Waals surface area contributed by atoms with Crippen molar-refractivity contribution in [3.05, 3.63) is 76.4 Å². The Labute approximate surface area is 163 Å². The Hall–Kier alpha value is -2.25. The van der Waals surface area contributed by atoms with E-state index in [4.69, 9.17) is 16.3 Å². The van der Waals surface area contributed by atoms with Gasteiger partial charge in [0.25, 0.3) is 0 Å². The van der Waals surface area contributed by atoms with E-state index in [0.717, 1.165) is 29.0 Å². The highest BCUT2D eigenvalue weighted by atomic mass is 35.5. The third-order valence-electron chi connectivity index (χ3n) is 3.53. The summed E-state index contributed by atoms with van der Waals surface area (Å²) in [6.45, 7) is 1.90. The van der Waals surface area contributed by atoms with Crippen LogP contribution in [0.15, 0.2) is 59.8 Å². The van der Waals surface area contributed by atoms with Gasteiger partial charge in [0.2, 0.25) is 5.88 Å². The molecule has 0 aliphatic rings. The van der Waals surface area contributed by atoms with Crippen molar-refractivity contribution in [1.29, 1.82) is 0 Å². The van der Waals surface area contributed by atoms with Crippen LogP contribution in [0.4, 0.5) is 13.2 Å². The predicted molar refractivity (Wildman–Crippen MR) is 99.3 cm³/mol. The van der Waals surface area contributed by atoms with Crippen LogP contribution in [0.3, 0.4) is 0 Å². The lowest BCUT2D eigenvalue weighted by Gasteiger charge is -2.11. The summed E-state index contributed by atoms with van der Waals surface area (Å²) in [4.78, 5) is 7.70. The van der Waals surface area contributed by atoms with E-state index in [-0.39, 0.29) is 11.0 Å². The molecule has 0 atom stereocenters. The lowest BCUT2D eigenvalue weighted by Crippen LogP contribution is -2.10. The van der Waals surface area contributed by atoms with Crippen LogP contribution in [0.25, 0.3) is 0 Å². The normalized spacial score (nSPS) is 11.4. The standard InChI is InChI=1S/C19H14ClF3N2OS/c1-12-6-8-14(9-7-12)26-17-10-16(19(21,22)23)24-18(25-17)27-11-13-4-2-3-5-15(13)20/h2-10H,11H2,1H3. The molecule has 0 bridgehead atoms. The maximum absolute atomic E-state index is 13.2. The van der Waals surface area contributed by atoms with Crippen LogP contribution in [-0.4, -0.2) is 9.97 Å². The molecule has 0 aliphatic heterocycles. The summed E-state index contributed by atoms with van der Waals surface area (Å²) in [6.07, 6.45) is -4.60. The number of ether oxygens (including phenoxy) is 1. The van der Waals surface area contributed by atoms with Crippen molar-refractivity contribution in [2.45, 2.75) is 24.0 Å². The van der Waals surface area contributed by atoms with Gasteiger partial charge in [0, 0.05) is 16.8 Å². The molecule has 0 radical (unpaired) electrons. The van der Waals surface area contributed by atoms with Crippen molar-refractivity contribution in [3.8, 4) is 11.6 Å². The molecule has 3 aromatic rings. The van der Waals surface area contributed by atoms with Gasteiger partial charge in [0.05, 0.1) is 0 Å². The highest BCUT2D eigenvalue weighted by Crippen LogP contribution is 2.33. The summed E-state index contributed by atoms with van der Waals surface area (Å²) in [5.74, 6) is 0.572. The number of rotatable bonds is 5. The molecule has 8 heteroatoms. The summed E-state index contributed by atoms with van der Waals surface area (Å²) >= 11 is 7.15. The molecular weight excluding hydrogens is 397 g/mol. The van der Waals surface area contributed by atoms with Crippen LogP contribution in [0.2, 0.25) is 5.02 Å². The molecule has 3 rings (SSSR count). The molecule has 27 heavy (non-hydrogen) atoms. The van der Waals surface area contributed by atoms with Gasteiger partial charge in [-0.1, -0.05) is 59.3 Å². The minimum Gasteiger partial charge on any atom is -0.439 e. The van der Waals surface area contributed by atoms with Crippen LogP contribution >= 0.6 is 23.4 Å². The van der Waals surface area contributed by atoms with Gasteiger partial charge < -0.3 is 4.74 Å². The molecule has 0 saturated carbocycles. The fraction of sp³-hybridized carbons (Fsp3) is 0.158. The third-order valence-corrected chi connectivity index (χ3v) is 4.80. The molecule has 0 spiro atoms. The van der Waals surface area contributed by atoms with Crippen molar-refractivity contribution in [2.75, 3.05) is 0 Å². The maximum Gasteiger partial charge on any atom is 0.433 e. The predicted octanol–water partition coefficient (Wildman–Crippen LogP) is 6.54. The zero-order chi connectivity index (χ0) is 19.4. The summed E-state index contributed by atoms with van der Waals surface area (Å²) < 4.78 is 45.1. The van der Waals surface area contributed by atoms with Crippen molar-refractivity contribution >= 4 is 23.4 Å². The maximum atomic E-state index is 13.2. The van der Waals surface area contributed by atoms with E-state index in [2.05, 4.69) is 9.97 Å². The quantitative estimate of drug-likeness (QED) is 0.353. The molecule has 2 aromatic carbocycles. The second kappa shape index (κ2) is 8.19. The molecule has 0 fully saturated rings. The van der Waals surface area contributed by atoms with Crippen LogP contribution in [0.5, 0.6) is 11.6 Å². The largest absolute Gasteiger partial charge is 0.439 e. The fourth-order valence-electron chi connectivity index (χ4n) is 2.15. The fourth-order valence-corrected chi connectivity index (χ4v) is 3.29. The smallest absolute Gasteiger partial charge is 0.433 e. The van der Waals surface area contributed by atoms with E-state index in [0.29, 0.717) is 16.5 Å². The van der Waals surface area contributed by atoms with Crippen LogP contribution in [-0.2, 0) is 11.9 Å². The number of benzene rings is 2. The van der Waals surface area contributed by atoms with Gasteiger partial charge in [0.15, 0.2) is 10.9 Å². The van der Waals surface area contributed by atoms with Crippen molar-refractivity contribution in [2.24, 2.45) is 0 Å². The average Bonchev–Trinajstić information content (AvgIpc) is 2.62. The second-order valence-corrected chi connectivity index (χ2v) is 7.02. The number of hydrogen-bond acceptors (Lipinski definition) is 4. The number of aryl methyl sites for hydroxylation is 1. The summed E-state index contributed by atoms with van der Waals surface area (Å²) in [6, 6.07) is 14.8. The van der Waals surface area contributed by atoms with Gasteiger partial charge in [-0.05, 0) is 30.7 Å². The van der Waals surface area contributed by atoms with Gasteiger partial charge in [-0.15, -0.1) is 0 Å². The molecule has 0 unspecified atom stereocenters. The Morgan fingerprint density at radius 2 is 1.74 bits per heavy atom. The summed E-state index contributed by atoms with van der Waals surface area (Å²) in [5.41, 5.74) is 0.740. The number of thioether (sulfide) groups is 1. The zero-order valence-corrected chi connectivity index (χ0v) is 15.7. The lowest BCUT2D eigenvalue weighted by atomic mass is 10.2. The highest BCUT2D eigenvalue weighted by molar-refractivity contribution is 7.98. The van der Waals surface area contributed by atoms with E-state index in [1.807, 2.05) is 6.92 Å². The summed E-state index contributed by atoms with van der Waals surface area (Å²) in [5, 5.41) is 0.500. The number of nitrogens with zero attached hydrogens (tertiary/aromatic N) is 2. The van der Waals surface area contributed by atoms with E-state index in [9.17, 15) is 13.2 Å².